The predicted octanol–water partition coefficient (Wildman–Crippen LogP) is 5.63. The van der Waals surface area contributed by atoms with E-state index >= 15 is 0 Å². The number of carbonyl (C=O) groups is 1. The van der Waals surface area contributed by atoms with Crippen LogP contribution in [0.5, 0.6) is 0 Å². The van der Waals surface area contributed by atoms with Crippen molar-refractivity contribution < 1.29 is 4.79 Å². The second-order valence-electron chi connectivity index (χ2n) is 5.45. The molecule has 0 rings (SSSR count). The first-order valence-electron chi connectivity index (χ1n) is 7.47. The lowest BCUT2D eigenvalue weighted by Gasteiger charge is -2.03. The van der Waals surface area contributed by atoms with Crippen molar-refractivity contribution in [2.75, 3.05) is 0 Å². The number of aldehydes is 1. The van der Waals surface area contributed by atoms with Crippen LogP contribution in [0.2, 0.25) is 0 Å². The molecule has 0 saturated heterocycles. The lowest BCUT2D eigenvalue weighted by atomic mass is 10.0. The molecule has 1 unspecified atom stereocenters. The standard InChI is InChI=1S/C18H30O/c1-5-6-7-8-10-16(2)11-9-12-17(3)13-14-18(4)15-19/h5-6,11,13,15,18H,7-10,12,14H2,1-4H3. The van der Waals surface area contributed by atoms with Crippen LogP contribution in [-0.4, -0.2) is 6.29 Å². The molecule has 0 saturated carbocycles. The van der Waals surface area contributed by atoms with E-state index in [4.69, 9.17) is 0 Å². The molecule has 19 heavy (non-hydrogen) atoms. The average Bonchev–Trinajstić information content (AvgIpc) is 2.41. The van der Waals surface area contributed by atoms with Gasteiger partial charge in [0.1, 0.15) is 6.29 Å². The second-order valence-corrected chi connectivity index (χ2v) is 5.45. The van der Waals surface area contributed by atoms with Crippen LogP contribution >= 0.6 is 0 Å². The maximum Gasteiger partial charge on any atom is 0.123 e. The molecule has 0 aliphatic carbocycles. The fraction of sp³-hybridized carbons (Fsp3) is 0.611. The van der Waals surface area contributed by atoms with Gasteiger partial charge >= 0.3 is 0 Å². The van der Waals surface area contributed by atoms with Gasteiger partial charge in [-0.05, 0) is 59.3 Å². The molecule has 0 aromatic heterocycles. The Morgan fingerprint density at radius 3 is 2.37 bits per heavy atom. The molecule has 1 nitrogen and oxygen atoms in total. The van der Waals surface area contributed by atoms with Gasteiger partial charge in [-0.2, -0.15) is 0 Å². The molecule has 0 aromatic rings. The Bertz CT molecular complexity index is 321. The number of hydrogen-bond acceptors (Lipinski definition) is 1. The van der Waals surface area contributed by atoms with Gasteiger partial charge in [-0.3, -0.25) is 0 Å². The molecule has 0 aliphatic heterocycles. The molecule has 0 radical (unpaired) electrons. The van der Waals surface area contributed by atoms with E-state index < -0.39 is 0 Å². The summed E-state index contributed by atoms with van der Waals surface area (Å²) in [6, 6.07) is 0. The van der Waals surface area contributed by atoms with E-state index in [0.717, 1.165) is 25.5 Å². The quantitative estimate of drug-likeness (QED) is 0.283. The fourth-order valence-corrected chi connectivity index (χ4v) is 1.86. The molecule has 1 heteroatoms. The molecule has 0 bridgehead atoms. The summed E-state index contributed by atoms with van der Waals surface area (Å²) in [6.07, 6.45) is 16.7. The summed E-state index contributed by atoms with van der Waals surface area (Å²) in [5.41, 5.74) is 2.89. The van der Waals surface area contributed by atoms with Gasteiger partial charge in [0.05, 0.1) is 0 Å². The zero-order chi connectivity index (χ0) is 14.5. The number of hydrogen-bond donors (Lipinski definition) is 0. The van der Waals surface area contributed by atoms with E-state index in [2.05, 4.69) is 45.1 Å². The zero-order valence-corrected chi connectivity index (χ0v) is 13.1. The van der Waals surface area contributed by atoms with Crippen molar-refractivity contribution in [3.05, 3.63) is 35.5 Å². The molecule has 108 valence electrons. The fourth-order valence-electron chi connectivity index (χ4n) is 1.86. The van der Waals surface area contributed by atoms with Crippen molar-refractivity contribution in [2.45, 2.75) is 66.2 Å². The van der Waals surface area contributed by atoms with Crippen molar-refractivity contribution in [2.24, 2.45) is 5.92 Å². The monoisotopic (exact) mass is 262 g/mol. The molecule has 1 atom stereocenters. The Balaban J connectivity index is 3.83. The zero-order valence-electron chi connectivity index (χ0n) is 13.1. The van der Waals surface area contributed by atoms with Gasteiger partial charge in [-0.1, -0.05) is 42.4 Å². The van der Waals surface area contributed by atoms with Crippen LogP contribution in [0.15, 0.2) is 35.5 Å². The highest BCUT2D eigenvalue weighted by Crippen LogP contribution is 2.13. The second kappa shape index (κ2) is 12.0. The molecule has 0 spiro atoms. The maximum absolute atomic E-state index is 10.5. The number of unbranched alkanes of at least 4 members (excludes halogenated alkanes) is 1. The third-order valence-corrected chi connectivity index (χ3v) is 3.28. The summed E-state index contributed by atoms with van der Waals surface area (Å²) in [6.45, 7) is 8.42. The van der Waals surface area contributed by atoms with E-state index in [9.17, 15) is 4.79 Å². The minimum atomic E-state index is 0.152. The van der Waals surface area contributed by atoms with Crippen LogP contribution in [0, 0.1) is 5.92 Å². The summed E-state index contributed by atoms with van der Waals surface area (Å²) >= 11 is 0. The molecule has 0 heterocycles. The van der Waals surface area contributed by atoms with Crippen molar-refractivity contribution in [3.8, 4) is 0 Å². The van der Waals surface area contributed by atoms with Gasteiger partial charge in [-0.25, -0.2) is 0 Å². The molecular weight excluding hydrogens is 232 g/mol. The van der Waals surface area contributed by atoms with Crippen molar-refractivity contribution in [1.29, 1.82) is 0 Å². The molecular formula is C18H30O. The minimum absolute atomic E-state index is 0.152. The van der Waals surface area contributed by atoms with Gasteiger partial charge < -0.3 is 4.79 Å². The van der Waals surface area contributed by atoms with Gasteiger partial charge in [0, 0.05) is 5.92 Å². The van der Waals surface area contributed by atoms with Gasteiger partial charge in [-0.15, -0.1) is 0 Å². The topological polar surface area (TPSA) is 17.1 Å². The molecule has 0 amide bonds. The van der Waals surface area contributed by atoms with E-state index in [1.54, 1.807) is 0 Å². The normalized spacial score (nSPS) is 14.9. The van der Waals surface area contributed by atoms with Crippen LogP contribution in [0.3, 0.4) is 0 Å². The first-order chi connectivity index (χ1) is 9.10. The summed E-state index contributed by atoms with van der Waals surface area (Å²) in [7, 11) is 0. The van der Waals surface area contributed by atoms with E-state index in [-0.39, 0.29) is 5.92 Å². The summed E-state index contributed by atoms with van der Waals surface area (Å²) in [4.78, 5) is 10.5. The Hall–Kier alpha value is -1.11. The summed E-state index contributed by atoms with van der Waals surface area (Å²) in [5.74, 6) is 0.152. The minimum Gasteiger partial charge on any atom is -0.303 e. The van der Waals surface area contributed by atoms with Crippen molar-refractivity contribution in [1.82, 2.24) is 0 Å². The van der Waals surface area contributed by atoms with E-state index in [1.807, 2.05) is 6.92 Å². The average molecular weight is 262 g/mol. The van der Waals surface area contributed by atoms with Crippen LogP contribution in [0.4, 0.5) is 0 Å². The van der Waals surface area contributed by atoms with E-state index in [1.165, 1.54) is 30.4 Å². The van der Waals surface area contributed by atoms with Crippen LogP contribution in [0.25, 0.3) is 0 Å². The summed E-state index contributed by atoms with van der Waals surface area (Å²) in [5, 5.41) is 0. The Labute approximate surface area is 119 Å². The Kier molecular flexibility index (Phi) is 11.3. The van der Waals surface area contributed by atoms with E-state index in [0.29, 0.717) is 0 Å². The van der Waals surface area contributed by atoms with Crippen LogP contribution in [-0.2, 0) is 4.79 Å². The van der Waals surface area contributed by atoms with Crippen LogP contribution < -0.4 is 0 Å². The number of rotatable bonds is 10. The highest BCUT2D eigenvalue weighted by molar-refractivity contribution is 5.53. The lowest BCUT2D eigenvalue weighted by molar-refractivity contribution is -0.110. The summed E-state index contributed by atoms with van der Waals surface area (Å²) < 4.78 is 0. The first kappa shape index (κ1) is 17.9. The molecule has 0 N–H and O–H groups in total. The first-order valence-corrected chi connectivity index (χ1v) is 7.47. The Morgan fingerprint density at radius 1 is 1.05 bits per heavy atom. The lowest BCUT2D eigenvalue weighted by Crippen LogP contribution is -1.93. The van der Waals surface area contributed by atoms with Crippen molar-refractivity contribution >= 4 is 6.29 Å². The third kappa shape index (κ3) is 11.7. The van der Waals surface area contributed by atoms with Gasteiger partial charge in [0.25, 0.3) is 0 Å². The highest BCUT2D eigenvalue weighted by Gasteiger charge is 1.97. The maximum atomic E-state index is 10.5. The van der Waals surface area contributed by atoms with Gasteiger partial charge in [0.15, 0.2) is 0 Å². The van der Waals surface area contributed by atoms with Gasteiger partial charge in [0.2, 0.25) is 0 Å². The smallest absolute Gasteiger partial charge is 0.123 e. The predicted molar refractivity (Wildman–Crippen MR) is 85.3 cm³/mol. The third-order valence-electron chi connectivity index (χ3n) is 3.28. The largest absolute Gasteiger partial charge is 0.303 e. The van der Waals surface area contributed by atoms with Crippen molar-refractivity contribution in [3.63, 3.8) is 0 Å². The van der Waals surface area contributed by atoms with Crippen LogP contribution in [0.1, 0.15) is 66.2 Å². The molecule has 0 aliphatic rings. The molecule has 0 aromatic carbocycles. The highest BCUT2D eigenvalue weighted by atomic mass is 16.1. The Morgan fingerprint density at radius 2 is 1.74 bits per heavy atom. The SMILES string of the molecule is CC=CCCCC(C)=CCCC(C)=CCC(C)C=O. The number of allylic oxidation sites excluding steroid dienone is 6. The molecule has 0 fully saturated rings. The number of carbonyl (C=O) groups excluding carboxylic acids is 1.